The quantitative estimate of drug-likeness (QED) is 0.149. The highest BCUT2D eigenvalue weighted by molar-refractivity contribution is 9.10. The fraction of sp³-hybridized carbons (Fsp3) is 0. The van der Waals surface area contributed by atoms with Crippen molar-refractivity contribution in [2.45, 2.75) is 0 Å². The molecule has 0 amide bonds. The average Bonchev–Trinajstić information content (AvgIpc) is 1.54. The Morgan fingerprint density at radius 2 is 0.575 bits per heavy atom. The van der Waals surface area contributed by atoms with Crippen LogP contribution < -0.4 is 5.46 Å². The van der Waals surface area contributed by atoms with Gasteiger partial charge >= 0.3 is 7.12 Å². The molecule has 16 aromatic carbocycles. The normalized spacial score (nSPS) is 11.7. The van der Waals surface area contributed by atoms with Gasteiger partial charge < -0.3 is 28.3 Å². The third-order valence-electron chi connectivity index (χ3n) is 21.0. The number of halogens is 1. The molecule has 0 radical (unpaired) electrons. The van der Waals surface area contributed by atoms with E-state index in [0.717, 1.165) is 32.0 Å². The topological polar surface area (TPSA) is 60.2 Å². The molecule has 6 aromatic heterocycles. The third kappa shape index (κ3) is 10.5. The zero-order valence-electron chi connectivity index (χ0n) is 57.1. The number of benzene rings is 16. The molecule has 500 valence electrons. The maximum atomic E-state index is 9.43. The summed E-state index contributed by atoms with van der Waals surface area (Å²) in [5.41, 5.74) is 22.1. The van der Waals surface area contributed by atoms with Gasteiger partial charge in [0.25, 0.3) is 0 Å². The number of para-hydroxylation sites is 6. The molecular formula is C96H62BBrN4O2S2. The van der Waals surface area contributed by atoms with Crippen LogP contribution in [-0.4, -0.2) is 35.4 Å². The first-order valence-electron chi connectivity index (χ1n) is 35.6. The van der Waals surface area contributed by atoms with Crippen molar-refractivity contribution in [3.05, 3.63) is 368 Å². The molecule has 106 heavy (non-hydrogen) atoms. The van der Waals surface area contributed by atoms with Crippen LogP contribution in [0.4, 0.5) is 0 Å². The molecule has 0 aliphatic rings. The molecule has 0 unspecified atom stereocenters. The molecule has 2 N–H and O–H groups in total. The molecule has 10 heteroatoms. The van der Waals surface area contributed by atoms with E-state index in [1.807, 2.05) is 65.1 Å². The average molecular weight is 1460 g/mol. The second-order valence-corrected chi connectivity index (χ2v) is 29.9. The monoisotopic (exact) mass is 1460 g/mol. The molecule has 0 atom stereocenters. The van der Waals surface area contributed by atoms with E-state index in [4.69, 9.17) is 0 Å². The lowest BCUT2D eigenvalue weighted by atomic mass is 9.80. The Balaban J connectivity index is 0.000000116. The van der Waals surface area contributed by atoms with Crippen LogP contribution in [-0.2, 0) is 0 Å². The first kappa shape index (κ1) is 63.3. The Kier molecular flexibility index (Phi) is 15.6. The number of thiophene rings is 2. The number of aromatic nitrogens is 4. The summed E-state index contributed by atoms with van der Waals surface area (Å²) in [6, 6.07) is 130. The minimum atomic E-state index is -1.46. The molecule has 0 saturated carbocycles. The highest BCUT2D eigenvalue weighted by Crippen LogP contribution is 2.50. The molecule has 22 aromatic rings. The van der Waals surface area contributed by atoms with Crippen LogP contribution in [0.1, 0.15) is 0 Å². The van der Waals surface area contributed by atoms with Gasteiger partial charge in [0.15, 0.2) is 0 Å². The molecule has 0 aliphatic heterocycles. The Bertz CT molecular complexity index is 7160. The van der Waals surface area contributed by atoms with Crippen molar-refractivity contribution in [1.29, 1.82) is 0 Å². The van der Waals surface area contributed by atoms with Crippen LogP contribution in [0.2, 0.25) is 0 Å². The van der Waals surface area contributed by atoms with Crippen LogP contribution in [0.25, 0.3) is 184 Å². The Morgan fingerprint density at radius 1 is 0.245 bits per heavy atom. The minimum Gasteiger partial charge on any atom is -0.423 e. The van der Waals surface area contributed by atoms with Gasteiger partial charge in [-0.25, -0.2) is 0 Å². The van der Waals surface area contributed by atoms with Crippen molar-refractivity contribution in [3.8, 4) is 56.1 Å². The van der Waals surface area contributed by atoms with E-state index >= 15 is 0 Å². The molecule has 0 fully saturated rings. The molecule has 0 saturated heterocycles. The van der Waals surface area contributed by atoms with E-state index in [-0.39, 0.29) is 0 Å². The van der Waals surface area contributed by atoms with E-state index < -0.39 is 7.12 Å². The van der Waals surface area contributed by atoms with Crippen molar-refractivity contribution >= 4 is 179 Å². The number of hydrogen-bond acceptors (Lipinski definition) is 4. The summed E-state index contributed by atoms with van der Waals surface area (Å²) in [6.07, 6.45) is 0. The summed E-state index contributed by atoms with van der Waals surface area (Å²) < 4.78 is 15.9. The lowest BCUT2D eigenvalue weighted by molar-refractivity contribution is 0.426. The van der Waals surface area contributed by atoms with Crippen molar-refractivity contribution in [2.75, 3.05) is 0 Å². The molecule has 22 rings (SSSR count). The minimum absolute atomic E-state index is 0.503. The van der Waals surface area contributed by atoms with Crippen LogP contribution in [0.15, 0.2) is 368 Å². The summed E-state index contributed by atoms with van der Waals surface area (Å²) in [6.45, 7) is 0. The van der Waals surface area contributed by atoms with Crippen LogP contribution in [0, 0.1) is 0 Å². The Labute approximate surface area is 626 Å². The number of rotatable bonds is 8. The molecular weight excluding hydrogens is 1400 g/mol. The summed E-state index contributed by atoms with van der Waals surface area (Å²) >= 11 is 7.69. The highest BCUT2D eigenvalue weighted by atomic mass is 79.9. The van der Waals surface area contributed by atoms with Crippen molar-refractivity contribution in [3.63, 3.8) is 0 Å². The molecule has 0 aliphatic carbocycles. The van der Waals surface area contributed by atoms with Gasteiger partial charge in [0.2, 0.25) is 0 Å². The second-order valence-electron chi connectivity index (χ2n) is 27.0. The first-order chi connectivity index (χ1) is 52.4. The third-order valence-corrected chi connectivity index (χ3v) is 24.0. The fourth-order valence-electron chi connectivity index (χ4n) is 16.2. The maximum Gasteiger partial charge on any atom is 0.488 e. The van der Waals surface area contributed by atoms with E-state index in [9.17, 15) is 10.0 Å². The summed E-state index contributed by atoms with van der Waals surface area (Å²) in [4.78, 5) is 0. The van der Waals surface area contributed by atoms with Crippen molar-refractivity contribution < 1.29 is 10.0 Å². The standard InChI is InChI=1S/C48H30N2S.C30H18BrNS.C18H14BNO2/c1-3-13-31(14-4-1)32-23-26-35(27-24-32)50-43-21-11-8-18-37(43)41-30-39(46-38-19-9-12-22-45(38)51-48(46)47(41)50)33-25-28-44-40(29-33)36-17-7-10-20-42(36)49(44)34-15-5-2-6-16-34;31-25-18-24-22-10-4-6-12-26(22)32(21-16-14-20(15-17-21)19-8-2-1-3-9-19)29(24)30-28(25)23-11-5-7-13-27(23)33-30;21-19(22)13-10-11-18-16(12-13)15-8-4-5-9-17(15)20(18)14-6-2-1-3-7-14/h1-30H;1-18H;1-12,21-22H. The van der Waals surface area contributed by atoms with Gasteiger partial charge in [-0.15, -0.1) is 22.7 Å². The molecule has 6 heterocycles. The summed E-state index contributed by atoms with van der Waals surface area (Å²) in [5.74, 6) is 0. The van der Waals surface area contributed by atoms with Gasteiger partial charge in [-0.3, -0.25) is 0 Å². The summed E-state index contributed by atoms with van der Waals surface area (Å²) in [5, 5.41) is 33.8. The van der Waals surface area contributed by atoms with E-state index in [1.54, 1.807) is 6.07 Å². The van der Waals surface area contributed by atoms with E-state index in [1.165, 1.54) is 156 Å². The Morgan fingerprint density at radius 3 is 1.05 bits per heavy atom. The zero-order valence-corrected chi connectivity index (χ0v) is 60.3. The molecule has 6 nitrogen and oxygen atoms in total. The van der Waals surface area contributed by atoms with Crippen LogP contribution in [0.3, 0.4) is 0 Å². The van der Waals surface area contributed by atoms with Gasteiger partial charge in [-0.2, -0.15) is 0 Å². The van der Waals surface area contributed by atoms with Gasteiger partial charge in [-0.1, -0.05) is 265 Å². The maximum absolute atomic E-state index is 9.43. The highest BCUT2D eigenvalue weighted by Gasteiger charge is 2.25. The van der Waals surface area contributed by atoms with Gasteiger partial charge in [-0.05, 0) is 154 Å². The van der Waals surface area contributed by atoms with Crippen LogP contribution >= 0.6 is 38.6 Å². The zero-order chi connectivity index (χ0) is 70.5. The number of fused-ring (bicyclic) bond motifs is 20. The largest absolute Gasteiger partial charge is 0.488 e. The molecule has 0 bridgehead atoms. The summed E-state index contributed by atoms with van der Waals surface area (Å²) in [7, 11) is -1.46. The van der Waals surface area contributed by atoms with E-state index in [2.05, 4.69) is 350 Å². The lowest BCUT2D eigenvalue weighted by Gasteiger charge is -2.12. The van der Waals surface area contributed by atoms with E-state index in [0.29, 0.717) is 5.46 Å². The SMILES string of the molecule is Brc1cc2c3ccccc3n(-c3ccc(-c4ccccc4)cc3)c2c2sc3ccccc3c12.OB(O)c1ccc2c(c1)c1ccccc1n2-c1ccccc1.c1ccc(-c2ccc(-n3c4ccccc4c4cc(-c5ccc6c(c5)c5ccccc5n6-c5ccccc5)c5c6ccccc6sc5c43)cc2)cc1. The molecule has 0 spiro atoms. The lowest BCUT2D eigenvalue weighted by Crippen LogP contribution is -2.29. The second kappa shape index (κ2) is 26.1. The van der Waals surface area contributed by atoms with Gasteiger partial charge in [0.05, 0.1) is 53.5 Å². The van der Waals surface area contributed by atoms with Crippen LogP contribution in [0.5, 0.6) is 0 Å². The predicted octanol–water partition coefficient (Wildman–Crippen LogP) is 25.6. The first-order valence-corrected chi connectivity index (χ1v) is 38.1. The fourth-order valence-corrected chi connectivity index (χ4v) is 19.6. The van der Waals surface area contributed by atoms with Crippen molar-refractivity contribution in [2.24, 2.45) is 0 Å². The Hall–Kier alpha value is -12.4. The van der Waals surface area contributed by atoms with Crippen molar-refractivity contribution in [1.82, 2.24) is 18.3 Å². The van der Waals surface area contributed by atoms with Gasteiger partial charge in [0.1, 0.15) is 0 Å². The predicted molar refractivity (Wildman–Crippen MR) is 456 cm³/mol. The smallest absolute Gasteiger partial charge is 0.423 e. The number of hydrogen-bond donors (Lipinski definition) is 2. The number of nitrogens with zero attached hydrogens (tertiary/aromatic N) is 4. The van der Waals surface area contributed by atoms with Gasteiger partial charge in [0, 0.05) is 101 Å².